The molecular weight excluding hydrogens is 848 g/mol. The minimum absolute atomic E-state index is 0.0652. The molecule has 10 rings (SSSR count). The first-order valence-electron chi connectivity index (χ1n) is 23.0. The number of nitrogens with zero attached hydrogens (tertiary/aromatic N) is 12. The number of amides is 4. The lowest BCUT2D eigenvalue weighted by atomic mass is 9.87. The molecular formula is C46H55FN14O5. The number of rotatable bonds is 12. The number of piperidine rings is 2. The molecule has 19 nitrogen and oxygen atoms in total. The summed E-state index contributed by atoms with van der Waals surface area (Å²) in [4.78, 5) is 61.5. The van der Waals surface area contributed by atoms with Crippen LogP contribution >= 0.6 is 0 Å². The average molecular weight is 903 g/mol. The first-order valence-corrected chi connectivity index (χ1v) is 23.0. The van der Waals surface area contributed by atoms with E-state index in [2.05, 4.69) is 30.4 Å². The molecule has 3 aliphatic heterocycles. The van der Waals surface area contributed by atoms with E-state index in [4.69, 9.17) is 30.1 Å². The van der Waals surface area contributed by atoms with Gasteiger partial charge in [-0.05, 0) is 102 Å². The molecule has 4 aliphatic rings. The highest BCUT2D eigenvalue weighted by atomic mass is 19.1. The molecule has 0 bridgehead atoms. The average Bonchev–Trinajstić information content (AvgIpc) is 3.77. The van der Waals surface area contributed by atoms with Crippen molar-refractivity contribution in [3.8, 4) is 22.8 Å². The number of urea groups is 1. The molecule has 0 radical (unpaired) electrons. The van der Waals surface area contributed by atoms with Gasteiger partial charge in [0.05, 0.1) is 36.1 Å². The van der Waals surface area contributed by atoms with Crippen molar-refractivity contribution < 1.29 is 28.0 Å². The fourth-order valence-electron chi connectivity index (χ4n) is 9.80. The number of likely N-dealkylation sites (tertiary alicyclic amines) is 2. The van der Waals surface area contributed by atoms with Gasteiger partial charge in [0.15, 0.2) is 28.9 Å². The first kappa shape index (κ1) is 43.5. The van der Waals surface area contributed by atoms with Crippen LogP contribution in [0, 0.1) is 5.82 Å². The molecule has 0 atom stereocenters. The molecule has 1 saturated carbocycles. The Morgan fingerprint density at radius 1 is 0.924 bits per heavy atom. The summed E-state index contributed by atoms with van der Waals surface area (Å²) in [5.41, 5.74) is 10.3. The number of nitrogens with two attached hydrogens (primary N) is 1. The second-order valence-corrected chi connectivity index (χ2v) is 19.0. The summed E-state index contributed by atoms with van der Waals surface area (Å²) in [6.07, 6.45) is 11.5. The van der Waals surface area contributed by atoms with E-state index in [-0.39, 0.29) is 48.0 Å². The largest absolute Gasteiger partial charge is 0.383 e. The van der Waals surface area contributed by atoms with Crippen molar-refractivity contribution in [3.05, 3.63) is 53.6 Å². The van der Waals surface area contributed by atoms with Gasteiger partial charge in [-0.2, -0.15) is 10.2 Å². The normalized spacial score (nSPS) is 18.3. The van der Waals surface area contributed by atoms with E-state index >= 15 is 4.39 Å². The number of hydrogen-bond acceptors (Lipinski definition) is 14. The van der Waals surface area contributed by atoms with Crippen molar-refractivity contribution in [2.45, 2.75) is 102 Å². The van der Waals surface area contributed by atoms with Crippen molar-refractivity contribution in [1.82, 2.24) is 59.8 Å². The maximum atomic E-state index is 16.1. The first-order chi connectivity index (χ1) is 31.8. The molecule has 8 heterocycles. The standard InChI is InChI=1S/C46H55FN14O5/c1-46(2,3)61-44-35(41(48)51-25-52-44)37(54-61)38-34(40(66-56-38)28-5-6-28)42-49-23-26(24-50-42)14-21-65-22-15-33(63)59-18-11-29(12-19-59)58-16-9-27(10-17-58)30-7-8-31-39(36(30)47)57(4)55-43(31)60-20-13-32(62)53-45(60)64/h7-8,23-25,27-29H,5-6,9-22H2,1-4H3,(H2,48,51,52)(H,53,62,64). The van der Waals surface area contributed by atoms with E-state index in [9.17, 15) is 14.4 Å². The predicted octanol–water partition coefficient (Wildman–Crippen LogP) is 5.44. The number of nitrogen functional groups attached to an aromatic ring is 1. The van der Waals surface area contributed by atoms with Crippen molar-refractivity contribution in [3.63, 3.8) is 0 Å². The van der Waals surface area contributed by atoms with Gasteiger partial charge in [0.2, 0.25) is 11.8 Å². The van der Waals surface area contributed by atoms with Crippen LogP contribution in [-0.4, -0.2) is 124 Å². The summed E-state index contributed by atoms with van der Waals surface area (Å²) < 4.78 is 31.3. The third-order valence-corrected chi connectivity index (χ3v) is 13.5. The van der Waals surface area contributed by atoms with Crippen LogP contribution in [0.15, 0.2) is 35.4 Å². The smallest absolute Gasteiger partial charge is 0.329 e. The molecule has 66 heavy (non-hydrogen) atoms. The Kier molecular flexibility index (Phi) is 11.5. The maximum Gasteiger partial charge on any atom is 0.329 e. The monoisotopic (exact) mass is 902 g/mol. The van der Waals surface area contributed by atoms with E-state index < -0.39 is 6.03 Å². The lowest BCUT2D eigenvalue weighted by molar-refractivity contribution is -0.134. The lowest BCUT2D eigenvalue weighted by Crippen LogP contribution is -2.49. The molecule has 4 amide bonds. The Bertz CT molecular complexity index is 2810. The summed E-state index contributed by atoms with van der Waals surface area (Å²) in [5, 5.41) is 17.4. The molecule has 4 fully saturated rings. The van der Waals surface area contributed by atoms with Gasteiger partial charge in [-0.1, -0.05) is 11.2 Å². The molecule has 6 aromatic rings. The summed E-state index contributed by atoms with van der Waals surface area (Å²) in [6.45, 7) is 10.2. The Labute approximate surface area is 380 Å². The van der Waals surface area contributed by atoms with Crippen LogP contribution in [0.25, 0.3) is 44.7 Å². The summed E-state index contributed by atoms with van der Waals surface area (Å²) in [5.74, 6) is 1.65. The highest BCUT2D eigenvalue weighted by molar-refractivity contribution is 6.09. The van der Waals surface area contributed by atoms with Crippen molar-refractivity contribution in [2.24, 2.45) is 7.05 Å². The number of halogens is 1. The molecule has 3 N–H and O–H groups in total. The number of carbonyl (C=O) groups excluding carboxylic acids is 3. The Hall–Kier alpha value is -6.41. The number of hydrogen-bond donors (Lipinski definition) is 2. The minimum atomic E-state index is -0.545. The lowest BCUT2D eigenvalue weighted by Gasteiger charge is -2.42. The number of benzene rings is 1. The second kappa shape index (κ2) is 17.4. The Balaban J connectivity index is 0.685. The maximum absolute atomic E-state index is 16.1. The number of ether oxygens (including phenoxy) is 1. The fraction of sp³-hybridized carbons (Fsp3) is 0.522. The van der Waals surface area contributed by atoms with Gasteiger partial charge in [-0.3, -0.25) is 24.5 Å². The van der Waals surface area contributed by atoms with Crippen LogP contribution in [0.5, 0.6) is 0 Å². The van der Waals surface area contributed by atoms with Gasteiger partial charge in [-0.15, -0.1) is 0 Å². The molecule has 1 aliphatic carbocycles. The quantitative estimate of drug-likeness (QED) is 0.146. The van der Waals surface area contributed by atoms with E-state index in [0.29, 0.717) is 107 Å². The van der Waals surface area contributed by atoms with Gasteiger partial charge < -0.3 is 24.8 Å². The fourth-order valence-corrected chi connectivity index (χ4v) is 9.80. The molecule has 20 heteroatoms. The number of anilines is 2. The summed E-state index contributed by atoms with van der Waals surface area (Å²) in [6, 6.07) is 3.51. The van der Waals surface area contributed by atoms with Crippen LogP contribution in [0.3, 0.4) is 0 Å². The van der Waals surface area contributed by atoms with Crippen LogP contribution in [-0.2, 0) is 33.3 Å². The van der Waals surface area contributed by atoms with Gasteiger partial charge in [-0.25, -0.2) is 33.8 Å². The number of aryl methyl sites for hydroxylation is 1. The Morgan fingerprint density at radius 2 is 1.68 bits per heavy atom. The molecule has 1 aromatic carbocycles. The highest BCUT2D eigenvalue weighted by Crippen LogP contribution is 2.48. The summed E-state index contributed by atoms with van der Waals surface area (Å²) >= 11 is 0. The number of nitrogens with one attached hydrogen (secondary N) is 1. The van der Waals surface area contributed by atoms with E-state index in [1.807, 2.05) is 42.5 Å². The van der Waals surface area contributed by atoms with Crippen LogP contribution < -0.4 is 16.0 Å². The zero-order valence-corrected chi connectivity index (χ0v) is 37.8. The number of imide groups is 1. The van der Waals surface area contributed by atoms with Crippen LogP contribution in [0.2, 0.25) is 0 Å². The predicted molar refractivity (Wildman–Crippen MR) is 242 cm³/mol. The van der Waals surface area contributed by atoms with Gasteiger partial charge in [0.25, 0.3) is 0 Å². The van der Waals surface area contributed by atoms with Crippen molar-refractivity contribution in [2.75, 3.05) is 56.6 Å². The van der Waals surface area contributed by atoms with E-state index in [1.165, 1.54) is 15.9 Å². The minimum Gasteiger partial charge on any atom is -0.383 e. The van der Waals surface area contributed by atoms with Gasteiger partial charge in [0, 0.05) is 62.8 Å². The van der Waals surface area contributed by atoms with Crippen LogP contribution in [0.1, 0.15) is 101 Å². The SMILES string of the molecule is Cn1nc(N2CCC(=O)NC2=O)c2ccc(C3CCN(C4CCN(C(=O)CCOCCc5cnc(-c6c(-c7nn(C(C)(C)C)c8ncnc(N)c78)noc6C6CC6)nc5)CC4)CC3)c(F)c21. The summed E-state index contributed by atoms with van der Waals surface area (Å²) in [7, 11) is 1.68. The van der Waals surface area contributed by atoms with Gasteiger partial charge >= 0.3 is 6.03 Å². The zero-order valence-electron chi connectivity index (χ0n) is 37.8. The number of carbonyl (C=O) groups is 3. The van der Waals surface area contributed by atoms with E-state index in [1.54, 1.807) is 19.4 Å². The topological polar surface area (TPSA) is 221 Å². The van der Waals surface area contributed by atoms with E-state index in [0.717, 1.165) is 62.9 Å². The third kappa shape index (κ3) is 8.24. The molecule has 5 aromatic heterocycles. The highest BCUT2D eigenvalue weighted by Gasteiger charge is 2.37. The van der Waals surface area contributed by atoms with Gasteiger partial charge in [0.1, 0.15) is 29.0 Å². The second-order valence-electron chi connectivity index (χ2n) is 19.0. The number of aromatic nitrogens is 9. The van der Waals surface area contributed by atoms with Crippen molar-refractivity contribution in [1.29, 1.82) is 0 Å². The Morgan fingerprint density at radius 3 is 2.39 bits per heavy atom. The number of fused-ring (bicyclic) bond motifs is 2. The molecule has 0 unspecified atom stereocenters. The third-order valence-electron chi connectivity index (χ3n) is 13.5. The molecule has 3 saturated heterocycles. The molecule has 0 spiro atoms. The van der Waals surface area contributed by atoms with Crippen molar-refractivity contribution >= 4 is 51.4 Å². The van der Waals surface area contributed by atoms with Crippen LogP contribution in [0.4, 0.5) is 20.8 Å². The zero-order chi connectivity index (χ0) is 45.9. The molecule has 346 valence electrons.